The standard InChI is InChI=1S/C27H27N7O2/c1-3-8-21(9-4-1)20-36-24-13-7-10-22(18-24)19-28-33-26-30-25(29-23-11-5-2-6-12-23)31-27(32-26)34-14-16-35-17-15-34/h1-13,18-19H,14-17,20H2,(H2,29,30,31,32,33). The lowest BCUT2D eigenvalue weighted by Crippen LogP contribution is -2.37. The first kappa shape index (κ1) is 23.3. The Balaban J connectivity index is 1.28. The van der Waals surface area contributed by atoms with Crippen molar-refractivity contribution in [3.8, 4) is 5.75 Å². The highest BCUT2D eigenvalue weighted by Crippen LogP contribution is 2.19. The number of benzene rings is 3. The number of morpholine rings is 1. The molecular formula is C27H27N7O2. The second kappa shape index (κ2) is 11.8. The summed E-state index contributed by atoms with van der Waals surface area (Å²) in [4.78, 5) is 15.7. The predicted octanol–water partition coefficient (Wildman–Crippen LogP) is 4.48. The van der Waals surface area contributed by atoms with E-state index in [1.807, 2.05) is 84.9 Å². The molecule has 36 heavy (non-hydrogen) atoms. The Morgan fingerprint density at radius 3 is 2.42 bits per heavy atom. The van der Waals surface area contributed by atoms with E-state index < -0.39 is 0 Å². The quantitative estimate of drug-likeness (QED) is 0.267. The van der Waals surface area contributed by atoms with Crippen LogP contribution in [0.3, 0.4) is 0 Å². The molecule has 4 aromatic rings. The summed E-state index contributed by atoms with van der Waals surface area (Å²) < 4.78 is 11.4. The third-order valence-corrected chi connectivity index (χ3v) is 5.43. The van der Waals surface area contributed by atoms with Crippen LogP contribution in [0.2, 0.25) is 0 Å². The molecule has 182 valence electrons. The molecule has 0 amide bonds. The fraction of sp³-hybridized carbons (Fsp3) is 0.185. The number of nitrogens with zero attached hydrogens (tertiary/aromatic N) is 5. The van der Waals surface area contributed by atoms with Crippen LogP contribution < -0.4 is 20.4 Å². The summed E-state index contributed by atoms with van der Waals surface area (Å²) in [5.41, 5.74) is 5.83. The molecule has 2 N–H and O–H groups in total. The van der Waals surface area contributed by atoms with Gasteiger partial charge in [-0.2, -0.15) is 20.1 Å². The second-order valence-electron chi connectivity index (χ2n) is 8.09. The van der Waals surface area contributed by atoms with E-state index in [1.165, 1.54) is 0 Å². The van der Waals surface area contributed by atoms with E-state index in [1.54, 1.807) is 6.21 Å². The fourth-order valence-corrected chi connectivity index (χ4v) is 3.62. The largest absolute Gasteiger partial charge is 0.489 e. The van der Waals surface area contributed by atoms with E-state index in [4.69, 9.17) is 9.47 Å². The van der Waals surface area contributed by atoms with Crippen molar-refractivity contribution < 1.29 is 9.47 Å². The van der Waals surface area contributed by atoms with Crippen LogP contribution in [-0.2, 0) is 11.3 Å². The molecule has 0 bridgehead atoms. The summed E-state index contributed by atoms with van der Waals surface area (Å²) in [6.07, 6.45) is 1.71. The molecule has 0 aliphatic carbocycles. The number of hydrogen-bond donors (Lipinski definition) is 2. The smallest absolute Gasteiger partial charge is 0.250 e. The van der Waals surface area contributed by atoms with E-state index >= 15 is 0 Å². The van der Waals surface area contributed by atoms with Crippen molar-refractivity contribution in [3.63, 3.8) is 0 Å². The van der Waals surface area contributed by atoms with Crippen LogP contribution in [0.1, 0.15) is 11.1 Å². The van der Waals surface area contributed by atoms with E-state index in [0.29, 0.717) is 50.8 Å². The van der Waals surface area contributed by atoms with Gasteiger partial charge in [0.2, 0.25) is 17.8 Å². The maximum atomic E-state index is 5.91. The number of ether oxygens (including phenoxy) is 2. The summed E-state index contributed by atoms with van der Waals surface area (Å²) in [6.45, 7) is 3.21. The SMILES string of the molecule is C(=NNc1nc(Nc2ccccc2)nc(N2CCOCC2)n1)c1cccc(OCc2ccccc2)c1. The number of nitrogens with one attached hydrogen (secondary N) is 2. The lowest BCUT2D eigenvalue weighted by atomic mass is 10.2. The van der Waals surface area contributed by atoms with Gasteiger partial charge in [-0.1, -0.05) is 60.7 Å². The monoisotopic (exact) mass is 481 g/mol. The summed E-state index contributed by atoms with van der Waals surface area (Å²) in [6, 6.07) is 27.6. The van der Waals surface area contributed by atoms with Crippen LogP contribution in [0.25, 0.3) is 0 Å². The molecule has 1 aromatic heterocycles. The summed E-state index contributed by atoms with van der Waals surface area (Å²) in [5.74, 6) is 2.12. The number of rotatable bonds is 9. The Kier molecular flexibility index (Phi) is 7.60. The summed E-state index contributed by atoms with van der Waals surface area (Å²) in [5, 5.41) is 7.59. The number of para-hydroxylation sites is 1. The molecule has 0 saturated carbocycles. The van der Waals surface area contributed by atoms with Gasteiger partial charge in [-0.05, 0) is 35.4 Å². The molecule has 9 nitrogen and oxygen atoms in total. The topological polar surface area (TPSA) is 96.8 Å². The molecule has 2 heterocycles. The highest BCUT2D eigenvalue weighted by Gasteiger charge is 2.16. The Bertz CT molecular complexity index is 1280. The number of hydrazone groups is 1. The predicted molar refractivity (Wildman–Crippen MR) is 141 cm³/mol. The minimum atomic E-state index is 0.345. The lowest BCUT2D eigenvalue weighted by molar-refractivity contribution is 0.122. The second-order valence-corrected chi connectivity index (χ2v) is 8.09. The Labute approximate surface area is 209 Å². The van der Waals surface area contributed by atoms with Crippen LogP contribution in [0.4, 0.5) is 23.5 Å². The van der Waals surface area contributed by atoms with Gasteiger partial charge in [0.15, 0.2) is 0 Å². The van der Waals surface area contributed by atoms with Gasteiger partial charge in [-0.15, -0.1) is 0 Å². The fourth-order valence-electron chi connectivity index (χ4n) is 3.62. The number of hydrogen-bond acceptors (Lipinski definition) is 9. The number of aromatic nitrogens is 3. The minimum absolute atomic E-state index is 0.345. The third-order valence-electron chi connectivity index (χ3n) is 5.43. The Morgan fingerprint density at radius 2 is 1.61 bits per heavy atom. The van der Waals surface area contributed by atoms with Crippen LogP contribution in [-0.4, -0.2) is 47.5 Å². The third kappa shape index (κ3) is 6.55. The van der Waals surface area contributed by atoms with Crippen molar-refractivity contribution in [2.45, 2.75) is 6.61 Å². The molecular weight excluding hydrogens is 454 g/mol. The van der Waals surface area contributed by atoms with Crippen molar-refractivity contribution in [3.05, 3.63) is 96.1 Å². The van der Waals surface area contributed by atoms with Gasteiger partial charge in [0.05, 0.1) is 19.4 Å². The van der Waals surface area contributed by atoms with Gasteiger partial charge >= 0.3 is 0 Å². The molecule has 1 aliphatic rings. The highest BCUT2D eigenvalue weighted by atomic mass is 16.5. The minimum Gasteiger partial charge on any atom is -0.489 e. The molecule has 0 spiro atoms. The molecule has 1 fully saturated rings. The zero-order valence-corrected chi connectivity index (χ0v) is 19.7. The first-order valence-electron chi connectivity index (χ1n) is 11.8. The molecule has 1 aliphatic heterocycles. The first-order valence-corrected chi connectivity index (χ1v) is 11.8. The number of anilines is 4. The van der Waals surface area contributed by atoms with Crippen LogP contribution in [0.15, 0.2) is 90.0 Å². The van der Waals surface area contributed by atoms with E-state index in [2.05, 4.69) is 35.7 Å². The molecule has 5 rings (SSSR count). The molecule has 0 atom stereocenters. The molecule has 0 unspecified atom stereocenters. The summed E-state index contributed by atoms with van der Waals surface area (Å²) >= 11 is 0. The van der Waals surface area contributed by atoms with Crippen molar-refractivity contribution >= 4 is 29.7 Å². The molecule has 1 saturated heterocycles. The first-order chi connectivity index (χ1) is 17.8. The van der Waals surface area contributed by atoms with E-state index in [-0.39, 0.29) is 0 Å². The normalized spacial score (nSPS) is 13.5. The van der Waals surface area contributed by atoms with Crippen molar-refractivity contribution in [1.82, 2.24) is 15.0 Å². The van der Waals surface area contributed by atoms with Gasteiger partial charge in [-0.3, -0.25) is 0 Å². The van der Waals surface area contributed by atoms with Gasteiger partial charge < -0.3 is 19.7 Å². The van der Waals surface area contributed by atoms with Crippen LogP contribution in [0, 0.1) is 0 Å². The van der Waals surface area contributed by atoms with Crippen molar-refractivity contribution in [1.29, 1.82) is 0 Å². The maximum absolute atomic E-state index is 5.91. The zero-order valence-electron chi connectivity index (χ0n) is 19.7. The average Bonchev–Trinajstić information content (AvgIpc) is 2.94. The average molecular weight is 482 g/mol. The molecule has 9 heteroatoms. The summed E-state index contributed by atoms with van der Waals surface area (Å²) in [7, 11) is 0. The van der Waals surface area contributed by atoms with Gasteiger partial charge in [-0.25, -0.2) is 5.43 Å². The molecule has 0 radical (unpaired) electrons. The Hall–Kier alpha value is -4.50. The van der Waals surface area contributed by atoms with Crippen LogP contribution in [0.5, 0.6) is 5.75 Å². The van der Waals surface area contributed by atoms with E-state index in [0.717, 1.165) is 22.6 Å². The van der Waals surface area contributed by atoms with Crippen LogP contribution >= 0.6 is 0 Å². The molecule has 3 aromatic carbocycles. The van der Waals surface area contributed by atoms with E-state index in [9.17, 15) is 0 Å². The lowest BCUT2D eigenvalue weighted by Gasteiger charge is -2.27. The van der Waals surface area contributed by atoms with Gasteiger partial charge in [0, 0.05) is 18.8 Å². The van der Waals surface area contributed by atoms with Crippen molar-refractivity contribution in [2.75, 3.05) is 41.9 Å². The Morgan fingerprint density at radius 1 is 0.861 bits per heavy atom. The maximum Gasteiger partial charge on any atom is 0.250 e. The highest BCUT2D eigenvalue weighted by molar-refractivity contribution is 5.80. The van der Waals surface area contributed by atoms with Gasteiger partial charge in [0.25, 0.3) is 0 Å². The van der Waals surface area contributed by atoms with Crippen molar-refractivity contribution in [2.24, 2.45) is 5.10 Å². The van der Waals surface area contributed by atoms with Gasteiger partial charge in [0.1, 0.15) is 12.4 Å². The zero-order chi connectivity index (χ0) is 24.4.